The van der Waals surface area contributed by atoms with Gasteiger partial charge in [-0.05, 0) is 19.8 Å². The summed E-state index contributed by atoms with van der Waals surface area (Å²) in [4.78, 5) is 26.2. The van der Waals surface area contributed by atoms with Crippen molar-refractivity contribution in [3.8, 4) is 5.13 Å². The van der Waals surface area contributed by atoms with Gasteiger partial charge in [-0.15, -0.1) is 0 Å². The number of halogens is 3. The van der Waals surface area contributed by atoms with Crippen LogP contribution < -0.4 is 5.56 Å². The molecule has 0 radical (unpaired) electrons. The van der Waals surface area contributed by atoms with Gasteiger partial charge < -0.3 is 4.57 Å². The number of thiazole rings is 1. The van der Waals surface area contributed by atoms with Crippen molar-refractivity contribution in [2.24, 2.45) is 11.8 Å². The lowest BCUT2D eigenvalue weighted by Gasteiger charge is -2.18. The zero-order valence-electron chi connectivity index (χ0n) is 13.7. The third-order valence-corrected chi connectivity index (χ3v) is 6.57. The molecule has 2 aliphatic rings. The minimum Gasteiger partial charge on any atom is -0.315 e. The zero-order valence-corrected chi connectivity index (χ0v) is 15.3. The molecule has 1 unspecified atom stereocenters. The average Bonchev–Trinajstić information content (AvgIpc) is 3.15. The van der Waals surface area contributed by atoms with Crippen molar-refractivity contribution in [1.29, 1.82) is 0 Å². The number of hydrogen-bond donors (Lipinski definition) is 0. The molecular weight excluding hydrogens is 384 g/mol. The highest BCUT2D eigenvalue weighted by Gasteiger charge is 2.71. The van der Waals surface area contributed by atoms with E-state index in [-0.39, 0.29) is 17.0 Å². The summed E-state index contributed by atoms with van der Waals surface area (Å²) in [6.45, 7) is 2.55. The molecule has 0 amide bonds. The molecule has 0 bridgehead atoms. The van der Waals surface area contributed by atoms with Gasteiger partial charge in [0, 0.05) is 24.3 Å². The lowest BCUT2D eigenvalue weighted by molar-refractivity contribution is 0.0689. The first-order valence-corrected chi connectivity index (χ1v) is 9.58. The Balaban J connectivity index is 1.71. The van der Waals surface area contributed by atoms with Crippen LogP contribution >= 0.6 is 22.9 Å². The van der Waals surface area contributed by atoms with E-state index in [9.17, 15) is 13.6 Å². The van der Waals surface area contributed by atoms with Gasteiger partial charge in [-0.25, -0.2) is 28.3 Å². The van der Waals surface area contributed by atoms with Crippen LogP contribution in [0.4, 0.5) is 8.78 Å². The SMILES string of the molecule is CCn1cnc2c(=O)n(-c3ncc(Cl)s3)c(C3C[C@@H]4[C@H](C3)C4(F)F)nc21. The van der Waals surface area contributed by atoms with Gasteiger partial charge in [-0.3, -0.25) is 4.79 Å². The monoisotopic (exact) mass is 397 g/mol. The minimum atomic E-state index is -2.57. The predicted molar refractivity (Wildman–Crippen MR) is 93.4 cm³/mol. The molecule has 6 nitrogen and oxygen atoms in total. The summed E-state index contributed by atoms with van der Waals surface area (Å²) in [5.74, 6) is -3.51. The van der Waals surface area contributed by atoms with E-state index in [0.717, 1.165) is 11.3 Å². The molecule has 2 fully saturated rings. The number of alkyl halides is 2. The van der Waals surface area contributed by atoms with E-state index in [1.54, 1.807) is 10.9 Å². The Hall–Kier alpha value is -1.87. The molecule has 2 saturated carbocycles. The van der Waals surface area contributed by atoms with Crippen molar-refractivity contribution < 1.29 is 8.78 Å². The molecular formula is C16H14ClF2N5OS. The Bertz CT molecular complexity index is 1080. The molecule has 0 spiro atoms. The Kier molecular flexibility index (Phi) is 3.34. The van der Waals surface area contributed by atoms with E-state index in [0.29, 0.717) is 40.3 Å². The third kappa shape index (κ3) is 2.13. The van der Waals surface area contributed by atoms with Crippen molar-refractivity contribution in [1.82, 2.24) is 24.1 Å². The molecule has 0 aromatic carbocycles. The average molecular weight is 398 g/mol. The quantitative estimate of drug-likeness (QED) is 0.678. The normalized spacial score (nSPS) is 26.4. The summed E-state index contributed by atoms with van der Waals surface area (Å²) >= 11 is 7.14. The van der Waals surface area contributed by atoms with E-state index in [1.165, 1.54) is 10.8 Å². The first-order chi connectivity index (χ1) is 12.4. The van der Waals surface area contributed by atoms with Crippen LogP contribution in [-0.2, 0) is 6.54 Å². The summed E-state index contributed by atoms with van der Waals surface area (Å²) in [7, 11) is 0. The van der Waals surface area contributed by atoms with Gasteiger partial charge in [0.25, 0.3) is 11.5 Å². The lowest BCUT2D eigenvalue weighted by Crippen LogP contribution is -2.26. The van der Waals surface area contributed by atoms with Gasteiger partial charge in [0.05, 0.1) is 12.5 Å². The molecule has 3 aromatic rings. The van der Waals surface area contributed by atoms with Crippen LogP contribution in [0.3, 0.4) is 0 Å². The fourth-order valence-corrected chi connectivity index (χ4v) is 4.98. The molecule has 0 aliphatic heterocycles. The Morgan fingerprint density at radius 3 is 2.69 bits per heavy atom. The molecule has 3 atom stereocenters. The van der Waals surface area contributed by atoms with E-state index >= 15 is 0 Å². The second-order valence-corrected chi connectivity index (χ2v) is 8.46. The molecule has 26 heavy (non-hydrogen) atoms. The Morgan fingerprint density at radius 1 is 1.35 bits per heavy atom. The van der Waals surface area contributed by atoms with Crippen molar-refractivity contribution in [3.63, 3.8) is 0 Å². The first kappa shape index (κ1) is 16.3. The maximum absolute atomic E-state index is 13.6. The molecule has 3 heterocycles. The van der Waals surface area contributed by atoms with Crippen LogP contribution in [-0.4, -0.2) is 30.0 Å². The first-order valence-electron chi connectivity index (χ1n) is 8.39. The highest BCUT2D eigenvalue weighted by atomic mass is 35.5. The standard InChI is InChI=1S/C16H14ClF2N5OS/c1-2-23-6-21-11-13(23)22-12(7-3-8-9(4-7)16(8,18)19)24(14(11)25)15-20-5-10(17)26-15/h5-9H,2-4H2,1H3/t7?,8-,9+. The number of rotatable bonds is 3. The number of nitrogens with zero attached hydrogens (tertiary/aromatic N) is 5. The lowest BCUT2D eigenvalue weighted by atomic mass is 10.0. The van der Waals surface area contributed by atoms with Gasteiger partial charge >= 0.3 is 0 Å². The van der Waals surface area contributed by atoms with Crippen molar-refractivity contribution in [2.45, 2.75) is 38.2 Å². The van der Waals surface area contributed by atoms with Crippen LogP contribution in [0, 0.1) is 11.8 Å². The van der Waals surface area contributed by atoms with Gasteiger partial charge in [-0.1, -0.05) is 22.9 Å². The van der Waals surface area contributed by atoms with Gasteiger partial charge in [-0.2, -0.15) is 0 Å². The predicted octanol–water partition coefficient (Wildman–Crippen LogP) is 3.47. The molecule has 10 heteroatoms. The maximum atomic E-state index is 13.6. The zero-order chi connectivity index (χ0) is 18.2. The van der Waals surface area contributed by atoms with Crippen LogP contribution in [0.1, 0.15) is 31.5 Å². The highest BCUT2D eigenvalue weighted by Crippen LogP contribution is 2.67. The number of aryl methyl sites for hydroxylation is 1. The number of hydrogen-bond acceptors (Lipinski definition) is 5. The van der Waals surface area contributed by atoms with Gasteiger partial charge in [0.15, 0.2) is 16.3 Å². The molecule has 0 saturated heterocycles. The Morgan fingerprint density at radius 2 is 2.08 bits per heavy atom. The van der Waals surface area contributed by atoms with E-state index < -0.39 is 17.8 Å². The summed E-state index contributed by atoms with van der Waals surface area (Å²) in [5.41, 5.74) is 0.393. The fraction of sp³-hybridized carbons (Fsp3) is 0.500. The summed E-state index contributed by atoms with van der Waals surface area (Å²) in [6.07, 6.45) is 3.69. The third-order valence-electron chi connectivity index (χ3n) is 5.47. The van der Waals surface area contributed by atoms with Gasteiger partial charge in [0.1, 0.15) is 10.2 Å². The smallest absolute Gasteiger partial charge is 0.288 e. The van der Waals surface area contributed by atoms with Gasteiger partial charge in [0.2, 0.25) is 0 Å². The van der Waals surface area contributed by atoms with E-state index in [4.69, 9.17) is 11.6 Å². The van der Waals surface area contributed by atoms with Crippen molar-refractivity contribution in [2.75, 3.05) is 0 Å². The van der Waals surface area contributed by atoms with Crippen LogP contribution in [0.15, 0.2) is 17.3 Å². The molecule has 2 aliphatic carbocycles. The van der Waals surface area contributed by atoms with Crippen LogP contribution in [0.2, 0.25) is 4.34 Å². The van der Waals surface area contributed by atoms with E-state index in [1.807, 2.05) is 6.92 Å². The number of fused-ring (bicyclic) bond motifs is 2. The van der Waals surface area contributed by atoms with Crippen molar-refractivity contribution >= 4 is 34.1 Å². The molecule has 3 aromatic heterocycles. The molecule has 5 rings (SSSR count). The maximum Gasteiger partial charge on any atom is 0.288 e. The number of aromatic nitrogens is 5. The second-order valence-electron chi connectivity index (χ2n) is 6.82. The summed E-state index contributed by atoms with van der Waals surface area (Å²) < 4.78 is 30.9. The highest BCUT2D eigenvalue weighted by molar-refractivity contribution is 7.18. The minimum absolute atomic E-state index is 0.204. The van der Waals surface area contributed by atoms with E-state index in [2.05, 4.69) is 15.0 Å². The fourth-order valence-electron chi connectivity index (χ4n) is 4.08. The summed E-state index contributed by atoms with van der Waals surface area (Å²) in [5, 5.41) is 0.391. The Labute approximate surface area is 155 Å². The number of imidazole rings is 1. The second kappa shape index (κ2) is 5.32. The summed E-state index contributed by atoms with van der Waals surface area (Å²) in [6, 6.07) is 0. The molecule has 136 valence electrons. The van der Waals surface area contributed by atoms with Crippen molar-refractivity contribution in [3.05, 3.63) is 33.0 Å². The largest absolute Gasteiger partial charge is 0.315 e. The molecule has 0 N–H and O–H groups in total. The van der Waals surface area contributed by atoms with Crippen LogP contribution in [0.5, 0.6) is 0 Å². The topological polar surface area (TPSA) is 65.6 Å². The van der Waals surface area contributed by atoms with Crippen LogP contribution in [0.25, 0.3) is 16.3 Å².